The molecule has 2 aromatic rings. The molecule has 0 saturated carbocycles. The van der Waals surface area contributed by atoms with Gasteiger partial charge in [-0.2, -0.15) is 31.6 Å². The number of fused-ring (bicyclic) bond motifs is 3. The normalized spacial score (nSPS) is 21.2. The highest BCUT2D eigenvalue weighted by molar-refractivity contribution is 7.98. The van der Waals surface area contributed by atoms with E-state index in [-0.39, 0.29) is 23.0 Å². The van der Waals surface area contributed by atoms with Crippen molar-refractivity contribution >= 4 is 21.9 Å². The molecule has 2 aliphatic rings. The summed E-state index contributed by atoms with van der Waals surface area (Å²) in [6.07, 6.45) is 4.88. The van der Waals surface area contributed by atoms with Crippen molar-refractivity contribution in [2.24, 2.45) is 0 Å². The molecule has 2 heterocycles. The van der Waals surface area contributed by atoms with E-state index in [1.165, 1.54) is 0 Å². The van der Waals surface area contributed by atoms with Crippen LogP contribution in [0.1, 0.15) is 36.0 Å². The first kappa shape index (κ1) is 20.3. The van der Waals surface area contributed by atoms with Crippen LogP contribution in [0.15, 0.2) is 29.4 Å². The molecule has 0 N–H and O–H groups in total. The molecule has 29 heavy (non-hydrogen) atoms. The number of thioether (sulfide) groups is 1. The monoisotopic (exact) mass is 446 g/mol. The lowest BCUT2D eigenvalue weighted by atomic mass is 9.75. The highest BCUT2D eigenvalue weighted by atomic mass is 32.2. The van der Waals surface area contributed by atoms with Crippen LogP contribution in [-0.4, -0.2) is 30.1 Å². The Labute approximate surface area is 170 Å². The van der Waals surface area contributed by atoms with Crippen LogP contribution in [0.2, 0.25) is 0 Å². The first-order chi connectivity index (χ1) is 13.7. The SMILES string of the molecule is CSc1nc2c(c(OS(=O)(=O)C(F)(F)F)n1)CCC1(CCCc3ccccc31)O2. The van der Waals surface area contributed by atoms with Crippen molar-refractivity contribution < 1.29 is 30.5 Å². The Morgan fingerprint density at radius 3 is 2.66 bits per heavy atom. The van der Waals surface area contributed by atoms with Crippen LogP contribution in [0.25, 0.3) is 0 Å². The molecule has 1 unspecified atom stereocenters. The lowest BCUT2D eigenvalue weighted by molar-refractivity contribution is -0.0503. The molecule has 0 amide bonds. The van der Waals surface area contributed by atoms with Crippen LogP contribution in [-0.2, 0) is 28.6 Å². The molecule has 1 atom stereocenters. The van der Waals surface area contributed by atoms with Crippen LogP contribution < -0.4 is 8.92 Å². The molecule has 1 aromatic carbocycles. The molecular formula is C18H17F3N2O4S2. The molecule has 4 rings (SSSR count). The second-order valence-corrected chi connectivity index (χ2v) is 9.20. The number of rotatable bonds is 3. The molecule has 0 bridgehead atoms. The second-order valence-electron chi connectivity index (χ2n) is 6.89. The van der Waals surface area contributed by atoms with E-state index < -0.39 is 27.1 Å². The Morgan fingerprint density at radius 2 is 1.93 bits per heavy atom. The molecule has 156 valence electrons. The Kier molecular flexibility index (Phi) is 4.93. The first-order valence-electron chi connectivity index (χ1n) is 8.88. The zero-order valence-corrected chi connectivity index (χ0v) is 17.0. The zero-order chi connectivity index (χ0) is 20.9. The smallest absolute Gasteiger partial charge is 0.466 e. The van der Waals surface area contributed by atoms with E-state index in [4.69, 9.17) is 4.74 Å². The second kappa shape index (κ2) is 7.05. The summed E-state index contributed by atoms with van der Waals surface area (Å²) < 4.78 is 72.0. The van der Waals surface area contributed by atoms with Crippen LogP contribution in [0.4, 0.5) is 13.2 Å². The lowest BCUT2D eigenvalue weighted by Crippen LogP contribution is -2.40. The van der Waals surface area contributed by atoms with E-state index in [1.54, 1.807) is 6.26 Å². The van der Waals surface area contributed by atoms with Gasteiger partial charge in [0.05, 0.1) is 5.56 Å². The van der Waals surface area contributed by atoms with Crippen LogP contribution in [0.3, 0.4) is 0 Å². The van der Waals surface area contributed by atoms with Gasteiger partial charge in [-0.25, -0.2) is 0 Å². The van der Waals surface area contributed by atoms with Gasteiger partial charge in [-0.05, 0) is 49.5 Å². The van der Waals surface area contributed by atoms with Crippen molar-refractivity contribution in [3.05, 3.63) is 41.0 Å². The van der Waals surface area contributed by atoms with Gasteiger partial charge in [-0.15, -0.1) is 0 Å². The van der Waals surface area contributed by atoms with Crippen molar-refractivity contribution in [2.75, 3.05) is 6.26 Å². The van der Waals surface area contributed by atoms with Crippen molar-refractivity contribution in [1.29, 1.82) is 0 Å². The number of aromatic nitrogens is 2. The molecule has 1 aliphatic heterocycles. The van der Waals surface area contributed by atoms with Crippen LogP contribution >= 0.6 is 11.8 Å². The van der Waals surface area contributed by atoms with Gasteiger partial charge in [0.1, 0.15) is 5.60 Å². The summed E-state index contributed by atoms with van der Waals surface area (Å²) in [6, 6.07) is 7.90. The highest BCUT2D eigenvalue weighted by Crippen LogP contribution is 2.48. The third-order valence-corrected chi connectivity index (χ3v) is 6.66. The third-order valence-electron chi connectivity index (χ3n) is 5.17. The standard InChI is InChI=1S/C18H17F3N2O4S2/c1-28-16-22-14-12(15(23-16)27-29(24,25)18(19,20)21)8-10-17(26-14)9-4-6-11-5-2-3-7-13(11)17/h2-3,5,7H,4,6,8-10H2,1H3. The Bertz CT molecular complexity index is 1060. The van der Waals surface area contributed by atoms with Crippen LogP contribution in [0, 0.1) is 0 Å². The maximum Gasteiger partial charge on any atom is 0.534 e. The van der Waals surface area contributed by atoms with Gasteiger partial charge >= 0.3 is 15.6 Å². The number of ether oxygens (including phenoxy) is 1. The summed E-state index contributed by atoms with van der Waals surface area (Å²) in [4.78, 5) is 8.13. The van der Waals surface area contributed by atoms with E-state index in [2.05, 4.69) is 14.2 Å². The number of halogens is 3. The predicted molar refractivity (Wildman–Crippen MR) is 99.4 cm³/mol. The molecule has 1 aliphatic carbocycles. The van der Waals surface area contributed by atoms with Crippen molar-refractivity contribution in [3.8, 4) is 11.8 Å². The molecule has 1 aromatic heterocycles. The van der Waals surface area contributed by atoms with E-state index >= 15 is 0 Å². The third kappa shape index (κ3) is 3.54. The summed E-state index contributed by atoms with van der Waals surface area (Å²) in [5.41, 5.74) is -3.87. The quantitative estimate of drug-likeness (QED) is 0.305. The van der Waals surface area contributed by atoms with Crippen molar-refractivity contribution in [3.63, 3.8) is 0 Å². The molecule has 0 fully saturated rings. The summed E-state index contributed by atoms with van der Waals surface area (Å²) >= 11 is 1.05. The Balaban J connectivity index is 1.77. The lowest BCUT2D eigenvalue weighted by Gasteiger charge is -2.42. The molecular weight excluding hydrogens is 429 g/mol. The molecule has 0 saturated heterocycles. The Morgan fingerprint density at radius 1 is 1.17 bits per heavy atom. The number of hydrogen-bond donors (Lipinski definition) is 0. The Hall–Kier alpha value is -2.01. The van der Waals surface area contributed by atoms with Gasteiger partial charge in [0.15, 0.2) is 5.16 Å². The van der Waals surface area contributed by atoms with Gasteiger partial charge in [0.2, 0.25) is 11.8 Å². The van der Waals surface area contributed by atoms with Gasteiger partial charge in [-0.1, -0.05) is 36.0 Å². The highest BCUT2D eigenvalue weighted by Gasteiger charge is 2.50. The number of hydrogen-bond acceptors (Lipinski definition) is 7. The minimum absolute atomic E-state index is 0.0669. The largest absolute Gasteiger partial charge is 0.534 e. The van der Waals surface area contributed by atoms with Gasteiger partial charge in [-0.3, -0.25) is 0 Å². The molecule has 11 heteroatoms. The number of nitrogens with zero attached hydrogens (tertiary/aromatic N) is 2. The fraction of sp³-hybridized carbons (Fsp3) is 0.444. The van der Waals surface area contributed by atoms with E-state index in [1.807, 2.05) is 24.3 Å². The topological polar surface area (TPSA) is 78.4 Å². The summed E-state index contributed by atoms with van der Waals surface area (Å²) in [7, 11) is -5.85. The first-order valence-corrected chi connectivity index (χ1v) is 11.5. The van der Waals surface area contributed by atoms with Crippen molar-refractivity contribution in [2.45, 2.75) is 48.4 Å². The van der Waals surface area contributed by atoms with Crippen LogP contribution in [0.5, 0.6) is 11.8 Å². The summed E-state index contributed by atoms with van der Waals surface area (Å²) in [6.45, 7) is 0. The minimum Gasteiger partial charge on any atom is -0.466 e. The van der Waals surface area contributed by atoms with E-state index in [0.29, 0.717) is 6.42 Å². The van der Waals surface area contributed by atoms with Gasteiger partial charge < -0.3 is 8.92 Å². The predicted octanol–water partition coefficient (Wildman–Crippen LogP) is 3.98. The average molecular weight is 446 g/mol. The molecule has 1 spiro atoms. The fourth-order valence-electron chi connectivity index (χ4n) is 3.85. The zero-order valence-electron chi connectivity index (χ0n) is 15.3. The van der Waals surface area contributed by atoms with Gasteiger partial charge in [0, 0.05) is 0 Å². The van der Waals surface area contributed by atoms with Gasteiger partial charge in [0.25, 0.3) is 0 Å². The molecule has 6 nitrogen and oxygen atoms in total. The maximum absolute atomic E-state index is 12.8. The molecule has 0 radical (unpaired) electrons. The van der Waals surface area contributed by atoms with E-state index in [9.17, 15) is 21.6 Å². The maximum atomic E-state index is 12.8. The average Bonchev–Trinajstić information content (AvgIpc) is 2.67. The summed E-state index contributed by atoms with van der Waals surface area (Å²) in [5.74, 6) is -0.560. The number of aryl methyl sites for hydroxylation is 1. The minimum atomic E-state index is -5.85. The number of benzene rings is 1. The summed E-state index contributed by atoms with van der Waals surface area (Å²) in [5, 5.41) is 0.0669. The number of alkyl halides is 3. The van der Waals surface area contributed by atoms with Crippen molar-refractivity contribution in [1.82, 2.24) is 9.97 Å². The fourth-order valence-corrected chi connectivity index (χ4v) is 4.63. The van der Waals surface area contributed by atoms with E-state index in [0.717, 1.165) is 42.2 Å².